The third-order valence-corrected chi connectivity index (χ3v) is 4.00. The Morgan fingerprint density at radius 2 is 2.10 bits per heavy atom. The van der Waals surface area contributed by atoms with Gasteiger partial charge < -0.3 is 11.2 Å². The van der Waals surface area contributed by atoms with Gasteiger partial charge in [0.25, 0.3) is 0 Å². The van der Waals surface area contributed by atoms with Crippen molar-refractivity contribution in [3.8, 4) is 0 Å². The number of benzene rings is 1. The molecule has 21 heavy (non-hydrogen) atoms. The zero-order chi connectivity index (χ0) is 15.2. The normalized spacial score (nSPS) is 12.1. The number of thioether (sulfide) groups is 1. The number of nitrogens with zero attached hydrogens (tertiary/aromatic N) is 3. The average Bonchev–Trinajstić information content (AvgIpc) is 2.86. The van der Waals surface area contributed by atoms with Gasteiger partial charge in [-0.1, -0.05) is 49.0 Å². The lowest BCUT2D eigenvalue weighted by Crippen LogP contribution is -2.28. The van der Waals surface area contributed by atoms with Gasteiger partial charge in [-0.25, -0.2) is 4.68 Å². The fraction of sp³-hybridized carbons (Fsp3) is 0.357. The fourth-order valence-corrected chi connectivity index (χ4v) is 2.57. The van der Waals surface area contributed by atoms with Gasteiger partial charge in [0.05, 0.1) is 11.8 Å². The Morgan fingerprint density at radius 3 is 2.71 bits per heavy atom. The number of nitrogens with two attached hydrogens (primary N) is 1. The molecule has 0 aliphatic rings. The number of nitrogen functional groups attached to an aromatic ring is 1. The topological polar surface area (TPSA) is 85.8 Å². The summed E-state index contributed by atoms with van der Waals surface area (Å²) in [6.45, 7) is 3.91. The second-order valence-electron chi connectivity index (χ2n) is 4.61. The Hall–Kier alpha value is -2.02. The Bertz CT molecular complexity index is 599. The lowest BCUT2D eigenvalue weighted by Gasteiger charge is -2.13. The highest BCUT2D eigenvalue weighted by Gasteiger charge is 2.13. The van der Waals surface area contributed by atoms with Crippen LogP contribution in [0.5, 0.6) is 0 Å². The molecule has 2 rings (SSSR count). The molecule has 1 aromatic heterocycles. The van der Waals surface area contributed by atoms with E-state index in [9.17, 15) is 4.79 Å². The molecule has 0 aliphatic heterocycles. The van der Waals surface area contributed by atoms with E-state index in [0.717, 1.165) is 5.56 Å². The maximum Gasteiger partial charge on any atom is 0.230 e. The van der Waals surface area contributed by atoms with Crippen LogP contribution in [0.3, 0.4) is 0 Å². The number of carbonyl (C=O) groups is 1. The van der Waals surface area contributed by atoms with Gasteiger partial charge in [-0.3, -0.25) is 4.79 Å². The fourth-order valence-electron chi connectivity index (χ4n) is 1.89. The van der Waals surface area contributed by atoms with Crippen molar-refractivity contribution >= 4 is 17.7 Å². The first-order valence-corrected chi connectivity index (χ1v) is 7.76. The van der Waals surface area contributed by atoms with Crippen LogP contribution in [0.1, 0.15) is 31.3 Å². The number of carbonyl (C=O) groups excluding carboxylic acids is 1. The van der Waals surface area contributed by atoms with Gasteiger partial charge in [0.1, 0.15) is 0 Å². The highest BCUT2D eigenvalue weighted by Crippen LogP contribution is 2.16. The first-order chi connectivity index (χ1) is 10.1. The Kier molecular flexibility index (Phi) is 5.21. The van der Waals surface area contributed by atoms with E-state index in [4.69, 9.17) is 5.84 Å². The molecule has 0 spiro atoms. The number of hydrogen-bond donors (Lipinski definition) is 2. The van der Waals surface area contributed by atoms with Crippen molar-refractivity contribution in [3.63, 3.8) is 0 Å². The number of rotatable bonds is 6. The average molecular weight is 305 g/mol. The molecule has 0 bridgehead atoms. The van der Waals surface area contributed by atoms with Gasteiger partial charge in [0.2, 0.25) is 11.1 Å². The zero-order valence-corrected chi connectivity index (χ0v) is 12.9. The minimum atomic E-state index is -0.0580. The molecule has 112 valence electrons. The molecule has 1 aromatic carbocycles. The molecule has 1 atom stereocenters. The highest BCUT2D eigenvalue weighted by molar-refractivity contribution is 7.99. The third kappa shape index (κ3) is 3.98. The minimum Gasteiger partial charge on any atom is -0.349 e. The highest BCUT2D eigenvalue weighted by atomic mass is 32.2. The van der Waals surface area contributed by atoms with E-state index < -0.39 is 0 Å². The van der Waals surface area contributed by atoms with E-state index in [2.05, 4.69) is 15.5 Å². The van der Waals surface area contributed by atoms with Crippen LogP contribution in [0.2, 0.25) is 0 Å². The molecular weight excluding hydrogens is 286 g/mol. The third-order valence-electron chi connectivity index (χ3n) is 3.06. The predicted octanol–water partition coefficient (Wildman–Crippen LogP) is 1.52. The van der Waals surface area contributed by atoms with Gasteiger partial charge in [0.15, 0.2) is 5.82 Å². The summed E-state index contributed by atoms with van der Waals surface area (Å²) in [5, 5.41) is 11.4. The van der Waals surface area contributed by atoms with Crippen LogP contribution in [-0.4, -0.2) is 26.5 Å². The molecule has 0 unspecified atom stereocenters. The molecule has 3 N–H and O–H groups in total. The number of amides is 1. The maximum absolute atomic E-state index is 12.0. The monoisotopic (exact) mass is 305 g/mol. The maximum atomic E-state index is 12.0. The summed E-state index contributed by atoms with van der Waals surface area (Å²) >= 11 is 1.28. The van der Waals surface area contributed by atoms with Crippen molar-refractivity contribution in [2.24, 2.45) is 0 Å². The van der Waals surface area contributed by atoms with Crippen LogP contribution in [0.4, 0.5) is 0 Å². The van der Waals surface area contributed by atoms with Crippen LogP contribution in [-0.2, 0) is 11.2 Å². The van der Waals surface area contributed by atoms with E-state index in [1.807, 2.05) is 44.2 Å². The number of aromatic nitrogens is 3. The number of hydrogen-bond acceptors (Lipinski definition) is 5. The van der Waals surface area contributed by atoms with Crippen LogP contribution < -0.4 is 11.2 Å². The Balaban J connectivity index is 1.86. The van der Waals surface area contributed by atoms with Crippen LogP contribution >= 0.6 is 11.8 Å². The van der Waals surface area contributed by atoms with Gasteiger partial charge in [-0.05, 0) is 12.5 Å². The largest absolute Gasteiger partial charge is 0.349 e. The lowest BCUT2D eigenvalue weighted by atomic mass is 10.1. The summed E-state index contributed by atoms with van der Waals surface area (Å²) in [5.41, 5.74) is 1.08. The van der Waals surface area contributed by atoms with Gasteiger partial charge in [-0.15, -0.1) is 10.2 Å². The van der Waals surface area contributed by atoms with Gasteiger partial charge >= 0.3 is 0 Å². The second-order valence-corrected chi connectivity index (χ2v) is 5.55. The Labute approximate surface area is 128 Å². The molecule has 2 aromatic rings. The van der Waals surface area contributed by atoms with Crippen molar-refractivity contribution in [2.75, 3.05) is 11.6 Å². The smallest absolute Gasteiger partial charge is 0.230 e. The summed E-state index contributed by atoms with van der Waals surface area (Å²) in [6, 6.07) is 9.81. The van der Waals surface area contributed by atoms with Crippen LogP contribution in [0, 0.1) is 0 Å². The van der Waals surface area contributed by atoms with Crippen molar-refractivity contribution in [1.82, 2.24) is 20.2 Å². The van der Waals surface area contributed by atoms with E-state index >= 15 is 0 Å². The lowest BCUT2D eigenvalue weighted by molar-refractivity contribution is -0.119. The van der Waals surface area contributed by atoms with Crippen molar-refractivity contribution in [2.45, 2.75) is 31.5 Å². The van der Waals surface area contributed by atoms with E-state index in [1.54, 1.807) is 0 Å². The number of nitrogens with one attached hydrogen (secondary N) is 1. The molecule has 0 aliphatic carbocycles. The molecule has 7 heteroatoms. The summed E-state index contributed by atoms with van der Waals surface area (Å²) < 4.78 is 1.43. The molecule has 6 nitrogen and oxygen atoms in total. The van der Waals surface area contributed by atoms with E-state index in [1.165, 1.54) is 16.4 Å². The second kappa shape index (κ2) is 7.12. The van der Waals surface area contributed by atoms with Gasteiger partial charge in [-0.2, -0.15) is 0 Å². The molecule has 0 radical (unpaired) electrons. The summed E-state index contributed by atoms with van der Waals surface area (Å²) in [4.78, 5) is 12.0. The molecule has 1 amide bonds. The predicted molar refractivity (Wildman–Crippen MR) is 83.3 cm³/mol. The minimum absolute atomic E-state index is 0.0266. The van der Waals surface area contributed by atoms with Crippen molar-refractivity contribution in [1.29, 1.82) is 0 Å². The van der Waals surface area contributed by atoms with Crippen LogP contribution in [0.15, 0.2) is 35.5 Å². The summed E-state index contributed by atoms with van der Waals surface area (Å²) in [7, 11) is 0. The van der Waals surface area contributed by atoms with E-state index in [-0.39, 0.29) is 17.7 Å². The van der Waals surface area contributed by atoms with Crippen molar-refractivity contribution < 1.29 is 4.79 Å². The quantitative estimate of drug-likeness (QED) is 0.624. The summed E-state index contributed by atoms with van der Waals surface area (Å²) in [6.07, 6.45) is 0.710. The standard InChI is InChI=1S/C14H19N5OS/c1-3-12-17-18-14(19(12)15)21-9-13(20)16-10(2)11-7-5-4-6-8-11/h4-8,10H,3,9,15H2,1-2H3,(H,16,20)/t10-/m1/s1. The Morgan fingerprint density at radius 1 is 1.38 bits per heavy atom. The van der Waals surface area contributed by atoms with Gasteiger partial charge in [0, 0.05) is 6.42 Å². The van der Waals surface area contributed by atoms with Crippen LogP contribution in [0.25, 0.3) is 0 Å². The SMILES string of the molecule is CCc1nnc(SCC(=O)N[C@H](C)c2ccccc2)n1N. The molecule has 0 saturated carbocycles. The zero-order valence-electron chi connectivity index (χ0n) is 12.1. The first kappa shape index (κ1) is 15.4. The molecular formula is C14H19N5OS. The molecule has 0 saturated heterocycles. The van der Waals surface area contributed by atoms with Crippen molar-refractivity contribution in [3.05, 3.63) is 41.7 Å². The van der Waals surface area contributed by atoms with E-state index in [0.29, 0.717) is 17.4 Å². The molecule has 0 fully saturated rings. The number of aryl methyl sites for hydroxylation is 1. The summed E-state index contributed by atoms with van der Waals surface area (Å²) in [5.74, 6) is 6.74. The first-order valence-electron chi connectivity index (χ1n) is 6.78. The molecule has 1 heterocycles.